The third kappa shape index (κ3) is 6.22. The van der Waals surface area contributed by atoms with E-state index < -0.39 is 24.4 Å². The second-order valence-electron chi connectivity index (χ2n) is 5.39. The van der Waals surface area contributed by atoms with Crippen LogP contribution < -0.4 is 11.1 Å². The number of hydrogen-bond acceptors (Lipinski definition) is 7. The van der Waals surface area contributed by atoms with E-state index in [-0.39, 0.29) is 24.2 Å². The summed E-state index contributed by atoms with van der Waals surface area (Å²) in [5, 5.41) is 4.37. The van der Waals surface area contributed by atoms with Gasteiger partial charge in [-0.2, -0.15) is 0 Å². The van der Waals surface area contributed by atoms with Gasteiger partial charge in [0.1, 0.15) is 5.00 Å². The van der Waals surface area contributed by atoms with Crippen LogP contribution in [0, 0.1) is 0 Å². The lowest BCUT2D eigenvalue weighted by Crippen LogP contribution is -2.22. The monoisotopic (exact) mass is 406 g/mol. The van der Waals surface area contributed by atoms with E-state index in [1.54, 1.807) is 29.3 Å². The van der Waals surface area contributed by atoms with Crippen LogP contribution in [0.5, 0.6) is 0 Å². The van der Waals surface area contributed by atoms with Gasteiger partial charge in [-0.1, -0.05) is 12.1 Å². The van der Waals surface area contributed by atoms with Gasteiger partial charge in [-0.15, -0.1) is 23.1 Å². The van der Waals surface area contributed by atoms with Crippen molar-refractivity contribution in [2.24, 2.45) is 5.73 Å². The first-order valence-corrected chi connectivity index (χ1v) is 10.0. The molecule has 0 aliphatic carbocycles. The molecule has 2 aromatic rings. The molecule has 0 saturated carbocycles. The minimum Gasteiger partial charge on any atom is -0.456 e. The Morgan fingerprint density at radius 1 is 1.11 bits per heavy atom. The number of amides is 2. The van der Waals surface area contributed by atoms with E-state index >= 15 is 0 Å². The van der Waals surface area contributed by atoms with E-state index in [4.69, 9.17) is 10.5 Å². The Kier molecular flexibility index (Phi) is 7.56. The SMILES string of the molecule is CSc1ccc(C(=O)CCC(=O)OCC(=O)Nc2sccc2C(N)=O)cc1. The first-order chi connectivity index (χ1) is 12.9. The number of benzene rings is 1. The van der Waals surface area contributed by atoms with Gasteiger partial charge >= 0.3 is 5.97 Å². The molecule has 0 unspecified atom stereocenters. The fourth-order valence-corrected chi connectivity index (χ4v) is 3.33. The van der Waals surface area contributed by atoms with Crippen LogP contribution in [0.15, 0.2) is 40.6 Å². The van der Waals surface area contributed by atoms with Gasteiger partial charge < -0.3 is 15.8 Å². The molecule has 0 aliphatic rings. The number of ether oxygens (including phenoxy) is 1. The van der Waals surface area contributed by atoms with Crippen molar-refractivity contribution in [1.29, 1.82) is 0 Å². The maximum atomic E-state index is 12.1. The maximum Gasteiger partial charge on any atom is 0.306 e. The molecule has 7 nitrogen and oxygen atoms in total. The van der Waals surface area contributed by atoms with Crippen molar-refractivity contribution in [2.75, 3.05) is 18.2 Å². The number of esters is 1. The molecule has 2 rings (SSSR count). The molecule has 0 radical (unpaired) electrons. The van der Waals surface area contributed by atoms with E-state index in [2.05, 4.69) is 5.32 Å². The van der Waals surface area contributed by atoms with Gasteiger partial charge in [0.15, 0.2) is 12.4 Å². The molecule has 0 bridgehead atoms. The van der Waals surface area contributed by atoms with Crippen molar-refractivity contribution in [1.82, 2.24) is 0 Å². The normalized spacial score (nSPS) is 10.3. The Labute approximate surface area is 164 Å². The Hall–Kier alpha value is -2.65. The molecule has 1 aromatic carbocycles. The molecular weight excluding hydrogens is 388 g/mol. The van der Waals surface area contributed by atoms with E-state index in [1.165, 1.54) is 6.07 Å². The van der Waals surface area contributed by atoms with Gasteiger partial charge in [-0.05, 0) is 29.8 Å². The molecule has 1 heterocycles. The summed E-state index contributed by atoms with van der Waals surface area (Å²) >= 11 is 2.71. The third-order valence-electron chi connectivity index (χ3n) is 3.52. The highest BCUT2D eigenvalue weighted by molar-refractivity contribution is 7.98. The highest BCUT2D eigenvalue weighted by Crippen LogP contribution is 2.22. The molecule has 27 heavy (non-hydrogen) atoms. The summed E-state index contributed by atoms with van der Waals surface area (Å²) < 4.78 is 4.86. The lowest BCUT2D eigenvalue weighted by atomic mass is 10.1. The fraction of sp³-hybridized carbons (Fsp3) is 0.222. The predicted octanol–water partition coefficient (Wildman–Crippen LogP) is 2.71. The van der Waals surface area contributed by atoms with Crippen LogP contribution in [0.3, 0.4) is 0 Å². The summed E-state index contributed by atoms with van der Waals surface area (Å²) in [5.41, 5.74) is 5.90. The van der Waals surface area contributed by atoms with Crippen molar-refractivity contribution in [3.05, 3.63) is 46.8 Å². The van der Waals surface area contributed by atoms with Crippen LogP contribution in [0.25, 0.3) is 0 Å². The zero-order valence-corrected chi connectivity index (χ0v) is 16.2. The minimum atomic E-state index is -0.660. The number of primary amides is 1. The van der Waals surface area contributed by atoms with Crippen molar-refractivity contribution in [3.63, 3.8) is 0 Å². The molecule has 0 aliphatic heterocycles. The molecule has 142 valence electrons. The molecule has 9 heteroatoms. The summed E-state index contributed by atoms with van der Waals surface area (Å²) in [7, 11) is 0. The number of nitrogens with one attached hydrogen (secondary N) is 1. The first kappa shape index (κ1) is 20.7. The van der Waals surface area contributed by atoms with E-state index in [0.29, 0.717) is 10.6 Å². The molecule has 0 atom stereocenters. The van der Waals surface area contributed by atoms with E-state index in [0.717, 1.165) is 16.2 Å². The number of carbonyl (C=O) groups is 4. The molecule has 0 fully saturated rings. The Morgan fingerprint density at radius 3 is 2.44 bits per heavy atom. The van der Waals surface area contributed by atoms with Crippen molar-refractivity contribution in [3.8, 4) is 0 Å². The number of rotatable bonds is 9. The second kappa shape index (κ2) is 9.89. The second-order valence-corrected chi connectivity index (χ2v) is 7.18. The number of thiophene rings is 1. The summed E-state index contributed by atoms with van der Waals surface area (Å²) in [6.07, 6.45) is 1.81. The van der Waals surface area contributed by atoms with Crippen molar-refractivity contribution in [2.45, 2.75) is 17.7 Å². The van der Waals surface area contributed by atoms with E-state index in [1.807, 2.05) is 18.4 Å². The predicted molar refractivity (Wildman–Crippen MR) is 104 cm³/mol. The first-order valence-electron chi connectivity index (χ1n) is 7.90. The van der Waals surface area contributed by atoms with Gasteiger partial charge in [-0.25, -0.2) is 0 Å². The highest BCUT2D eigenvalue weighted by atomic mass is 32.2. The van der Waals surface area contributed by atoms with E-state index in [9.17, 15) is 19.2 Å². The highest BCUT2D eigenvalue weighted by Gasteiger charge is 2.15. The lowest BCUT2D eigenvalue weighted by molar-refractivity contribution is -0.147. The van der Waals surface area contributed by atoms with Crippen LogP contribution in [-0.4, -0.2) is 36.4 Å². The van der Waals surface area contributed by atoms with Crippen LogP contribution in [-0.2, 0) is 14.3 Å². The summed E-state index contributed by atoms with van der Waals surface area (Å²) in [6, 6.07) is 8.59. The maximum absolute atomic E-state index is 12.1. The average Bonchev–Trinajstić information content (AvgIpc) is 3.12. The van der Waals surface area contributed by atoms with Crippen molar-refractivity contribution < 1.29 is 23.9 Å². The number of hydrogen-bond donors (Lipinski definition) is 2. The number of carbonyl (C=O) groups excluding carboxylic acids is 4. The Bertz CT molecular complexity index is 846. The van der Waals surface area contributed by atoms with Crippen LogP contribution in [0.2, 0.25) is 0 Å². The number of ketones is 1. The molecule has 2 amide bonds. The summed E-state index contributed by atoms with van der Waals surface area (Å²) in [6.45, 7) is -0.508. The molecular formula is C18H18N2O5S2. The third-order valence-corrected chi connectivity index (χ3v) is 5.09. The minimum absolute atomic E-state index is 0.00415. The zero-order chi connectivity index (χ0) is 19.8. The summed E-state index contributed by atoms with van der Waals surface area (Å²) in [4.78, 5) is 47.8. The zero-order valence-electron chi connectivity index (χ0n) is 14.5. The van der Waals surface area contributed by atoms with Gasteiger partial charge in [0.05, 0.1) is 12.0 Å². The average molecular weight is 406 g/mol. The smallest absolute Gasteiger partial charge is 0.306 e. The summed E-state index contributed by atoms with van der Waals surface area (Å²) in [5.74, 6) is -2.07. The van der Waals surface area contributed by atoms with Gasteiger partial charge in [-0.3, -0.25) is 19.2 Å². The quantitative estimate of drug-likeness (QED) is 0.376. The van der Waals surface area contributed by atoms with Crippen LogP contribution in [0.4, 0.5) is 5.00 Å². The van der Waals surface area contributed by atoms with Gasteiger partial charge in [0, 0.05) is 16.9 Å². The van der Waals surface area contributed by atoms with Crippen LogP contribution >= 0.6 is 23.1 Å². The number of nitrogens with two attached hydrogens (primary N) is 1. The standard InChI is InChI=1S/C18H18N2O5S2/c1-26-12-4-2-11(3-5-12)14(21)6-7-16(23)25-10-15(22)20-18-13(17(19)24)8-9-27-18/h2-5,8-9H,6-7,10H2,1H3,(H2,19,24)(H,20,22). The Morgan fingerprint density at radius 2 is 1.81 bits per heavy atom. The number of Topliss-reactive ketones (excluding diaryl/α,β-unsaturated/α-hetero) is 1. The van der Waals surface area contributed by atoms with Gasteiger partial charge in [0.2, 0.25) is 0 Å². The van der Waals surface area contributed by atoms with Crippen LogP contribution in [0.1, 0.15) is 33.6 Å². The van der Waals surface area contributed by atoms with Gasteiger partial charge in [0.25, 0.3) is 11.8 Å². The molecule has 0 saturated heterocycles. The van der Waals surface area contributed by atoms with Crippen molar-refractivity contribution >= 4 is 51.7 Å². The topological polar surface area (TPSA) is 116 Å². The fourth-order valence-electron chi connectivity index (χ4n) is 2.12. The molecule has 0 spiro atoms. The number of anilines is 1. The molecule has 3 N–H and O–H groups in total. The number of thioether (sulfide) groups is 1. The lowest BCUT2D eigenvalue weighted by Gasteiger charge is -2.06. The Balaban J connectivity index is 1.75. The largest absolute Gasteiger partial charge is 0.456 e. The molecule has 1 aromatic heterocycles.